The fraction of sp³-hybridized carbons (Fsp3) is 0.235. The fourth-order valence-electron chi connectivity index (χ4n) is 2.83. The number of halogens is 1. The number of nitrogens with zero attached hydrogens (tertiary/aromatic N) is 1. The van der Waals surface area contributed by atoms with Crippen LogP contribution in [0.1, 0.15) is 23.6 Å². The van der Waals surface area contributed by atoms with Crippen LogP contribution in [0, 0.1) is 0 Å². The van der Waals surface area contributed by atoms with Gasteiger partial charge in [-0.05, 0) is 35.9 Å². The first kappa shape index (κ1) is 14.2. The zero-order chi connectivity index (χ0) is 15.8. The lowest BCUT2D eigenvalue weighted by atomic mass is 9.98. The largest absolute Gasteiger partial charge is 0.507 e. The average molecular weight is 331 g/mol. The van der Waals surface area contributed by atoms with Gasteiger partial charge in [-0.1, -0.05) is 17.7 Å². The molecule has 2 aromatic rings. The van der Waals surface area contributed by atoms with Crippen molar-refractivity contribution in [3.63, 3.8) is 0 Å². The SMILES string of the molecule is Oc1cc(Cl)ccc1C1=NN[C@H](c2ccc3c(c2)OCCO3)C1. The van der Waals surface area contributed by atoms with Gasteiger partial charge in [-0.3, -0.25) is 0 Å². The van der Waals surface area contributed by atoms with E-state index < -0.39 is 0 Å². The van der Waals surface area contributed by atoms with Crippen LogP contribution >= 0.6 is 11.6 Å². The van der Waals surface area contributed by atoms with Crippen molar-refractivity contribution < 1.29 is 14.6 Å². The summed E-state index contributed by atoms with van der Waals surface area (Å²) in [5, 5.41) is 14.9. The maximum Gasteiger partial charge on any atom is 0.161 e. The van der Waals surface area contributed by atoms with Gasteiger partial charge in [0.25, 0.3) is 0 Å². The summed E-state index contributed by atoms with van der Waals surface area (Å²) in [6.07, 6.45) is 0.675. The molecule has 0 bridgehead atoms. The summed E-state index contributed by atoms with van der Waals surface area (Å²) < 4.78 is 11.2. The van der Waals surface area contributed by atoms with Crippen LogP contribution in [0.4, 0.5) is 0 Å². The number of hydrogen-bond acceptors (Lipinski definition) is 5. The first-order valence-electron chi connectivity index (χ1n) is 7.41. The number of nitrogens with one attached hydrogen (secondary N) is 1. The van der Waals surface area contributed by atoms with Crippen molar-refractivity contribution in [3.05, 3.63) is 52.5 Å². The quantitative estimate of drug-likeness (QED) is 0.887. The zero-order valence-electron chi connectivity index (χ0n) is 12.3. The van der Waals surface area contributed by atoms with E-state index in [1.165, 1.54) is 6.07 Å². The lowest BCUT2D eigenvalue weighted by Gasteiger charge is -2.20. The summed E-state index contributed by atoms with van der Waals surface area (Å²) >= 11 is 5.87. The number of phenolic OH excluding ortho intramolecular Hbond substituents is 1. The number of aromatic hydroxyl groups is 1. The Kier molecular flexibility index (Phi) is 3.50. The molecule has 2 aliphatic heterocycles. The third-order valence-corrected chi connectivity index (χ3v) is 4.23. The Hall–Kier alpha value is -2.40. The topological polar surface area (TPSA) is 63.1 Å². The highest BCUT2D eigenvalue weighted by Gasteiger charge is 2.24. The third kappa shape index (κ3) is 2.68. The van der Waals surface area contributed by atoms with Crippen LogP contribution < -0.4 is 14.9 Å². The summed E-state index contributed by atoms with van der Waals surface area (Å²) in [6.45, 7) is 1.14. The molecular weight excluding hydrogens is 316 g/mol. The predicted molar refractivity (Wildman–Crippen MR) is 87.6 cm³/mol. The predicted octanol–water partition coefficient (Wildman–Crippen LogP) is 3.26. The molecule has 0 aliphatic carbocycles. The summed E-state index contributed by atoms with van der Waals surface area (Å²) in [7, 11) is 0. The first-order chi connectivity index (χ1) is 11.2. The Morgan fingerprint density at radius 3 is 2.74 bits per heavy atom. The lowest BCUT2D eigenvalue weighted by molar-refractivity contribution is 0.171. The monoisotopic (exact) mass is 330 g/mol. The van der Waals surface area contributed by atoms with Crippen molar-refractivity contribution in [1.82, 2.24) is 5.43 Å². The third-order valence-electron chi connectivity index (χ3n) is 3.99. The van der Waals surface area contributed by atoms with E-state index in [1.807, 2.05) is 18.2 Å². The minimum absolute atomic E-state index is 0.0379. The molecule has 4 rings (SSSR count). The van der Waals surface area contributed by atoms with E-state index in [0.717, 1.165) is 22.8 Å². The van der Waals surface area contributed by atoms with E-state index in [4.69, 9.17) is 21.1 Å². The molecule has 0 fully saturated rings. The highest BCUT2D eigenvalue weighted by atomic mass is 35.5. The first-order valence-corrected chi connectivity index (χ1v) is 7.79. The van der Waals surface area contributed by atoms with Gasteiger partial charge < -0.3 is 20.0 Å². The lowest BCUT2D eigenvalue weighted by Crippen LogP contribution is -2.16. The van der Waals surface area contributed by atoms with Crippen LogP contribution in [0.2, 0.25) is 5.02 Å². The highest BCUT2D eigenvalue weighted by molar-refractivity contribution is 6.30. The molecule has 2 N–H and O–H groups in total. The Morgan fingerprint density at radius 1 is 1.09 bits per heavy atom. The van der Waals surface area contributed by atoms with Gasteiger partial charge in [0.1, 0.15) is 19.0 Å². The van der Waals surface area contributed by atoms with Crippen molar-refractivity contribution in [3.8, 4) is 17.2 Å². The maximum atomic E-state index is 10.0. The van der Waals surface area contributed by atoms with Gasteiger partial charge in [-0.15, -0.1) is 0 Å². The smallest absolute Gasteiger partial charge is 0.161 e. The standard InChI is InChI=1S/C17H15ClN2O3/c18-11-2-3-12(15(21)8-11)14-9-13(19-20-14)10-1-4-16-17(7-10)23-6-5-22-16/h1-4,7-8,13,19,21H,5-6,9H2/t13-/m0/s1. The van der Waals surface area contributed by atoms with E-state index in [1.54, 1.807) is 12.1 Å². The van der Waals surface area contributed by atoms with E-state index in [2.05, 4.69) is 10.5 Å². The van der Waals surface area contributed by atoms with Crippen molar-refractivity contribution in [2.24, 2.45) is 5.10 Å². The molecule has 2 aliphatic rings. The van der Waals surface area contributed by atoms with Crippen LogP contribution in [-0.4, -0.2) is 24.0 Å². The molecule has 0 saturated carbocycles. The number of hydrazone groups is 1. The summed E-state index contributed by atoms with van der Waals surface area (Å²) in [4.78, 5) is 0. The molecule has 0 saturated heterocycles. The number of rotatable bonds is 2. The second-order valence-corrected chi connectivity index (χ2v) is 5.95. The second-order valence-electron chi connectivity index (χ2n) is 5.51. The molecule has 0 unspecified atom stereocenters. The van der Waals surface area contributed by atoms with E-state index in [-0.39, 0.29) is 11.8 Å². The Bertz CT molecular complexity index is 791. The number of benzene rings is 2. The van der Waals surface area contributed by atoms with E-state index in [0.29, 0.717) is 30.2 Å². The molecule has 1 atom stereocenters. The number of fused-ring (bicyclic) bond motifs is 1. The van der Waals surface area contributed by atoms with Crippen LogP contribution in [0.3, 0.4) is 0 Å². The van der Waals surface area contributed by atoms with Gasteiger partial charge >= 0.3 is 0 Å². The molecule has 0 spiro atoms. The normalized spacial score (nSPS) is 19.2. The van der Waals surface area contributed by atoms with Gasteiger partial charge in [0.15, 0.2) is 11.5 Å². The number of ether oxygens (including phenoxy) is 2. The number of phenols is 1. The molecule has 2 heterocycles. The van der Waals surface area contributed by atoms with Crippen LogP contribution in [0.15, 0.2) is 41.5 Å². The fourth-order valence-corrected chi connectivity index (χ4v) is 2.99. The van der Waals surface area contributed by atoms with Gasteiger partial charge in [0, 0.05) is 17.0 Å². The van der Waals surface area contributed by atoms with Crippen molar-refractivity contribution >= 4 is 17.3 Å². The molecule has 0 amide bonds. The summed E-state index contributed by atoms with van der Waals surface area (Å²) in [5.74, 6) is 1.67. The van der Waals surface area contributed by atoms with Gasteiger partial charge in [-0.25, -0.2) is 0 Å². The summed E-state index contributed by atoms with van der Waals surface area (Å²) in [6, 6.07) is 11.0. The van der Waals surface area contributed by atoms with Crippen LogP contribution in [0.25, 0.3) is 0 Å². The molecule has 0 aromatic heterocycles. The summed E-state index contributed by atoms with van der Waals surface area (Å²) in [5.41, 5.74) is 5.69. The van der Waals surface area contributed by atoms with Crippen molar-refractivity contribution in [1.29, 1.82) is 0 Å². The Morgan fingerprint density at radius 2 is 1.91 bits per heavy atom. The van der Waals surface area contributed by atoms with Gasteiger partial charge in [0.05, 0.1) is 11.8 Å². The highest BCUT2D eigenvalue weighted by Crippen LogP contribution is 2.35. The maximum absolute atomic E-state index is 10.0. The molecule has 0 radical (unpaired) electrons. The van der Waals surface area contributed by atoms with E-state index >= 15 is 0 Å². The molecule has 2 aromatic carbocycles. The van der Waals surface area contributed by atoms with E-state index in [9.17, 15) is 5.11 Å². The molecule has 6 heteroatoms. The van der Waals surface area contributed by atoms with Gasteiger partial charge in [0.2, 0.25) is 0 Å². The van der Waals surface area contributed by atoms with Crippen LogP contribution in [-0.2, 0) is 0 Å². The van der Waals surface area contributed by atoms with Crippen molar-refractivity contribution in [2.45, 2.75) is 12.5 Å². The van der Waals surface area contributed by atoms with Crippen LogP contribution in [0.5, 0.6) is 17.2 Å². The molecule has 23 heavy (non-hydrogen) atoms. The minimum Gasteiger partial charge on any atom is -0.507 e. The molecular formula is C17H15ClN2O3. The molecule has 118 valence electrons. The van der Waals surface area contributed by atoms with Gasteiger partial charge in [-0.2, -0.15) is 5.10 Å². The number of hydrogen-bond donors (Lipinski definition) is 2. The Labute approximate surface area is 138 Å². The van der Waals surface area contributed by atoms with Crippen molar-refractivity contribution in [2.75, 3.05) is 13.2 Å². The zero-order valence-corrected chi connectivity index (χ0v) is 13.0. The Balaban J connectivity index is 1.55. The minimum atomic E-state index is 0.0379. The average Bonchev–Trinajstić information content (AvgIpc) is 3.04. The molecule has 5 nitrogen and oxygen atoms in total. The second kappa shape index (κ2) is 5.66.